The molecule has 5 rings (SSSR count). The van der Waals surface area contributed by atoms with Gasteiger partial charge in [-0.3, -0.25) is 14.6 Å². The van der Waals surface area contributed by atoms with Crippen LogP contribution in [0.25, 0.3) is 11.1 Å². The van der Waals surface area contributed by atoms with Crippen LogP contribution in [0.5, 0.6) is 5.75 Å². The minimum atomic E-state index is -4.11. The summed E-state index contributed by atoms with van der Waals surface area (Å²) in [6.07, 6.45) is 0.805. The molecule has 0 saturated heterocycles. The Hall–Kier alpha value is -5.11. The van der Waals surface area contributed by atoms with E-state index in [4.69, 9.17) is 20.3 Å². The summed E-state index contributed by atoms with van der Waals surface area (Å²) in [6.45, 7) is 8.73. The van der Waals surface area contributed by atoms with Gasteiger partial charge < -0.3 is 30.9 Å². The standard InChI is InChI=1S/C37H45N5O8S/c1-21-22(2)33(23(3)24-16-17-37(4,5)50-32(21)24)51(47,48)42-35(38)39-18-10-15-30(34(45)40-19-31(43)44)41-36(46)49-20-29-27-13-8-6-11-25(27)26-12-7-9-14-28(26)29/h6-9,11-14,29-30H,10,15-20H2,1-5H3,(H,40,45)(H,41,46)(H,43,44)(H3,38,39,42)/t30-/m0/s1. The van der Waals surface area contributed by atoms with Crippen molar-refractivity contribution in [2.24, 2.45) is 10.7 Å². The van der Waals surface area contributed by atoms with Crippen molar-refractivity contribution in [1.29, 1.82) is 0 Å². The number of sulfonamides is 1. The van der Waals surface area contributed by atoms with Crippen LogP contribution in [0.3, 0.4) is 0 Å². The van der Waals surface area contributed by atoms with E-state index in [0.29, 0.717) is 17.5 Å². The van der Waals surface area contributed by atoms with Crippen LogP contribution in [-0.4, -0.2) is 68.8 Å². The molecule has 13 nitrogen and oxygen atoms in total. The number of hydrogen-bond donors (Lipinski definition) is 5. The third kappa shape index (κ3) is 8.28. The van der Waals surface area contributed by atoms with E-state index in [2.05, 4.69) is 20.3 Å². The van der Waals surface area contributed by atoms with Crippen LogP contribution in [0.2, 0.25) is 0 Å². The molecule has 3 aromatic carbocycles. The molecule has 272 valence electrons. The second-order valence-electron chi connectivity index (χ2n) is 13.5. The van der Waals surface area contributed by atoms with Gasteiger partial charge in [0, 0.05) is 12.5 Å². The Morgan fingerprint density at radius 3 is 2.27 bits per heavy atom. The van der Waals surface area contributed by atoms with E-state index < -0.39 is 40.6 Å². The molecule has 2 amide bonds. The zero-order valence-corrected chi connectivity index (χ0v) is 30.3. The van der Waals surface area contributed by atoms with Gasteiger partial charge in [0.15, 0.2) is 0 Å². The molecule has 3 aromatic rings. The molecule has 0 bridgehead atoms. The predicted molar refractivity (Wildman–Crippen MR) is 192 cm³/mol. The number of carboxylic acids is 1. The van der Waals surface area contributed by atoms with Crippen LogP contribution in [-0.2, 0) is 30.8 Å². The normalized spacial score (nSPS) is 15.4. The molecular formula is C37H45N5O8S. The second kappa shape index (κ2) is 15.0. The number of guanidine groups is 1. The van der Waals surface area contributed by atoms with Crippen molar-refractivity contribution in [3.05, 3.63) is 81.9 Å². The number of ether oxygens (including phenoxy) is 2. The maximum atomic E-state index is 13.5. The highest BCUT2D eigenvalue weighted by molar-refractivity contribution is 7.90. The van der Waals surface area contributed by atoms with Crippen LogP contribution in [0.4, 0.5) is 4.79 Å². The third-order valence-electron chi connectivity index (χ3n) is 9.47. The van der Waals surface area contributed by atoms with Gasteiger partial charge in [-0.15, -0.1) is 0 Å². The van der Waals surface area contributed by atoms with Crippen molar-refractivity contribution >= 4 is 34.0 Å². The summed E-state index contributed by atoms with van der Waals surface area (Å²) in [5.41, 5.74) is 12.6. The molecule has 0 unspecified atom stereocenters. The van der Waals surface area contributed by atoms with Crippen LogP contribution >= 0.6 is 0 Å². The van der Waals surface area contributed by atoms with Crippen molar-refractivity contribution in [3.8, 4) is 16.9 Å². The van der Waals surface area contributed by atoms with Crippen molar-refractivity contribution in [2.45, 2.75) is 82.8 Å². The fraction of sp³-hybridized carbons (Fsp3) is 0.405. The number of nitrogens with zero attached hydrogens (tertiary/aromatic N) is 1. The van der Waals surface area contributed by atoms with Crippen LogP contribution in [0, 0.1) is 20.8 Å². The lowest BCUT2D eigenvalue weighted by Crippen LogP contribution is -2.48. The van der Waals surface area contributed by atoms with Gasteiger partial charge in [-0.2, -0.15) is 0 Å². The first-order valence-electron chi connectivity index (χ1n) is 16.8. The molecular weight excluding hydrogens is 675 g/mol. The fourth-order valence-corrected chi connectivity index (χ4v) is 8.33. The Balaban J connectivity index is 1.21. The summed E-state index contributed by atoms with van der Waals surface area (Å²) >= 11 is 0. The highest BCUT2D eigenvalue weighted by Crippen LogP contribution is 2.45. The summed E-state index contributed by atoms with van der Waals surface area (Å²) in [5.74, 6) is -1.77. The highest BCUT2D eigenvalue weighted by atomic mass is 32.2. The Bertz CT molecular complexity index is 1950. The van der Waals surface area contributed by atoms with Gasteiger partial charge >= 0.3 is 12.1 Å². The second-order valence-corrected chi connectivity index (χ2v) is 15.1. The molecule has 6 N–H and O–H groups in total. The van der Waals surface area contributed by atoms with Crippen molar-refractivity contribution in [1.82, 2.24) is 15.4 Å². The van der Waals surface area contributed by atoms with Gasteiger partial charge in [0.2, 0.25) is 11.9 Å². The number of fused-ring (bicyclic) bond motifs is 4. The largest absolute Gasteiger partial charge is 0.487 e. The van der Waals surface area contributed by atoms with Gasteiger partial charge in [-0.25, -0.2) is 17.9 Å². The number of benzene rings is 3. The Labute approximate surface area is 298 Å². The van der Waals surface area contributed by atoms with Crippen LogP contribution in [0.15, 0.2) is 58.4 Å². The van der Waals surface area contributed by atoms with Gasteiger partial charge in [-0.05, 0) is 105 Å². The van der Waals surface area contributed by atoms with E-state index in [0.717, 1.165) is 45.6 Å². The molecule has 1 aliphatic carbocycles. The highest BCUT2D eigenvalue weighted by Gasteiger charge is 2.34. The van der Waals surface area contributed by atoms with E-state index in [1.807, 2.05) is 69.3 Å². The maximum Gasteiger partial charge on any atom is 0.407 e. The van der Waals surface area contributed by atoms with E-state index in [1.165, 1.54) is 0 Å². The minimum Gasteiger partial charge on any atom is -0.487 e. The fourth-order valence-electron chi connectivity index (χ4n) is 6.80. The molecule has 1 aliphatic heterocycles. The molecule has 1 heterocycles. The third-order valence-corrected chi connectivity index (χ3v) is 11.1. The molecule has 51 heavy (non-hydrogen) atoms. The molecule has 0 saturated carbocycles. The SMILES string of the molecule is Cc1c(C)c(S(=O)(=O)NC(N)=NCCC[C@H](NC(=O)OCC2c3ccccc3-c3ccccc32)C(=O)NCC(=O)O)c(C)c2c1OC(C)(C)CC2. The van der Waals surface area contributed by atoms with Crippen LogP contribution < -0.4 is 25.8 Å². The number of amides is 2. The van der Waals surface area contributed by atoms with Crippen molar-refractivity contribution in [2.75, 3.05) is 19.7 Å². The number of rotatable bonds is 12. The smallest absolute Gasteiger partial charge is 0.407 e. The Morgan fingerprint density at radius 1 is 1.02 bits per heavy atom. The molecule has 0 fully saturated rings. The predicted octanol–water partition coefficient (Wildman–Crippen LogP) is 4.20. The average molecular weight is 720 g/mol. The maximum absolute atomic E-state index is 13.5. The number of alkyl carbamates (subject to hydrolysis) is 1. The Kier molecular flexibility index (Phi) is 10.9. The number of carbonyl (C=O) groups excluding carboxylic acids is 2. The lowest BCUT2D eigenvalue weighted by molar-refractivity contribution is -0.138. The summed E-state index contributed by atoms with van der Waals surface area (Å²) in [5, 5.41) is 13.9. The van der Waals surface area contributed by atoms with E-state index >= 15 is 0 Å². The molecule has 1 atom stereocenters. The van der Waals surface area contributed by atoms with Gasteiger partial charge in [-0.1, -0.05) is 48.5 Å². The zero-order valence-electron chi connectivity index (χ0n) is 29.5. The van der Waals surface area contributed by atoms with E-state index in [1.54, 1.807) is 13.8 Å². The van der Waals surface area contributed by atoms with E-state index in [-0.39, 0.29) is 48.4 Å². The molecule has 0 spiro atoms. The number of hydrogen-bond acceptors (Lipinski definition) is 8. The minimum absolute atomic E-state index is 0.00748. The summed E-state index contributed by atoms with van der Waals surface area (Å²) < 4.78 is 41.3. The molecule has 2 aliphatic rings. The number of nitrogens with one attached hydrogen (secondary N) is 3. The number of carbonyl (C=O) groups is 3. The average Bonchev–Trinajstić information content (AvgIpc) is 3.39. The first kappa shape index (κ1) is 37.2. The van der Waals surface area contributed by atoms with E-state index in [9.17, 15) is 22.8 Å². The first-order valence-corrected chi connectivity index (χ1v) is 18.3. The number of aliphatic carboxylic acids is 1. The summed E-state index contributed by atoms with van der Waals surface area (Å²) in [6, 6.07) is 14.6. The topological polar surface area (TPSA) is 199 Å². The monoisotopic (exact) mass is 719 g/mol. The Morgan fingerprint density at radius 2 is 1.65 bits per heavy atom. The summed E-state index contributed by atoms with van der Waals surface area (Å²) in [4.78, 5) is 41.2. The molecule has 14 heteroatoms. The first-order chi connectivity index (χ1) is 24.1. The number of carboxylic acid groups (broad SMARTS) is 1. The lowest BCUT2D eigenvalue weighted by Gasteiger charge is -2.35. The van der Waals surface area contributed by atoms with Gasteiger partial charge in [0.05, 0.1) is 4.90 Å². The zero-order chi connectivity index (χ0) is 37.1. The number of aliphatic imine (C=N–C) groups is 1. The molecule has 0 radical (unpaired) electrons. The quantitative estimate of drug-likeness (QED) is 0.103. The summed E-state index contributed by atoms with van der Waals surface area (Å²) in [7, 11) is -4.11. The van der Waals surface area contributed by atoms with Crippen molar-refractivity contribution < 1.29 is 37.4 Å². The number of nitrogens with two attached hydrogens (primary N) is 1. The molecule has 0 aromatic heterocycles. The van der Waals surface area contributed by atoms with Crippen molar-refractivity contribution in [3.63, 3.8) is 0 Å². The van der Waals surface area contributed by atoms with Crippen LogP contribution in [0.1, 0.15) is 72.4 Å². The van der Waals surface area contributed by atoms with Gasteiger partial charge in [0.25, 0.3) is 10.0 Å². The van der Waals surface area contributed by atoms with Gasteiger partial charge in [0.1, 0.15) is 30.5 Å². The lowest BCUT2D eigenvalue weighted by atomic mass is 9.88.